The molecular formula is C19H19NO6. The van der Waals surface area contributed by atoms with Gasteiger partial charge in [0.25, 0.3) is 5.91 Å². The molecule has 1 N–H and O–H groups in total. The number of para-hydroxylation sites is 2. The Hall–Kier alpha value is -3.22. The van der Waals surface area contributed by atoms with Gasteiger partial charge in [-0.15, -0.1) is 0 Å². The van der Waals surface area contributed by atoms with Crippen molar-refractivity contribution >= 4 is 17.6 Å². The second kappa shape index (κ2) is 7.77. The molecule has 2 aromatic carbocycles. The Balaban J connectivity index is 1.61. The van der Waals surface area contributed by atoms with Crippen LogP contribution in [0.2, 0.25) is 0 Å². The van der Waals surface area contributed by atoms with E-state index in [1.165, 1.54) is 7.11 Å². The maximum atomic E-state index is 12.1. The van der Waals surface area contributed by atoms with Crippen LogP contribution in [0.3, 0.4) is 0 Å². The first-order valence-electron chi connectivity index (χ1n) is 8.04. The molecule has 0 fully saturated rings. The molecule has 0 radical (unpaired) electrons. The van der Waals surface area contributed by atoms with Gasteiger partial charge in [0.1, 0.15) is 23.9 Å². The van der Waals surface area contributed by atoms with Gasteiger partial charge in [-0.3, -0.25) is 9.59 Å². The molecule has 2 aromatic rings. The Bertz CT molecular complexity index is 819. The monoisotopic (exact) mass is 357 g/mol. The second-order valence-electron chi connectivity index (χ2n) is 5.63. The first-order valence-corrected chi connectivity index (χ1v) is 8.04. The topological polar surface area (TPSA) is 83.1 Å². The zero-order valence-corrected chi connectivity index (χ0v) is 14.5. The van der Waals surface area contributed by atoms with Gasteiger partial charge in [-0.25, -0.2) is 0 Å². The van der Waals surface area contributed by atoms with Crippen molar-refractivity contribution in [1.82, 2.24) is 0 Å². The number of carbonyl (C=O) groups is 2. The summed E-state index contributed by atoms with van der Waals surface area (Å²) in [5.41, 5.74) is 1.25. The van der Waals surface area contributed by atoms with Crippen molar-refractivity contribution < 1.29 is 28.5 Å². The maximum Gasteiger partial charge on any atom is 0.310 e. The molecule has 1 aliphatic heterocycles. The van der Waals surface area contributed by atoms with E-state index in [1.54, 1.807) is 49.6 Å². The molecule has 0 saturated carbocycles. The molecule has 0 unspecified atom stereocenters. The molecular weight excluding hydrogens is 338 g/mol. The summed E-state index contributed by atoms with van der Waals surface area (Å²) in [5, 5.41) is 2.71. The highest BCUT2D eigenvalue weighted by Crippen LogP contribution is 2.30. The fourth-order valence-electron chi connectivity index (χ4n) is 2.59. The molecule has 0 spiro atoms. The van der Waals surface area contributed by atoms with Gasteiger partial charge in [0.15, 0.2) is 6.10 Å². The average Bonchev–Trinajstić information content (AvgIpc) is 2.66. The minimum absolute atomic E-state index is 0.00410. The Morgan fingerprint density at radius 2 is 1.96 bits per heavy atom. The van der Waals surface area contributed by atoms with Crippen LogP contribution >= 0.6 is 0 Å². The SMILES string of the molecule is COc1ccc(OC)c(COC(=O)C[C@H]2Oc3ccccc3NC2=O)c1. The van der Waals surface area contributed by atoms with E-state index in [9.17, 15) is 9.59 Å². The number of anilines is 1. The van der Waals surface area contributed by atoms with Gasteiger partial charge in [0.2, 0.25) is 0 Å². The Labute approximate surface area is 150 Å². The Kier molecular flexibility index (Phi) is 5.26. The number of esters is 1. The third kappa shape index (κ3) is 3.88. The second-order valence-corrected chi connectivity index (χ2v) is 5.63. The van der Waals surface area contributed by atoms with Gasteiger partial charge in [-0.2, -0.15) is 0 Å². The lowest BCUT2D eigenvalue weighted by Gasteiger charge is -2.25. The smallest absolute Gasteiger partial charge is 0.310 e. The third-order valence-electron chi connectivity index (χ3n) is 3.93. The highest BCUT2D eigenvalue weighted by atomic mass is 16.5. The molecule has 1 aliphatic rings. The number of amides is 1. The molecule has 1 amide bonds. The minimum Gasteiger partial charge on any atom is -0.497 e. The first kappa shape index (κ1) is 17.6. The lowest BCUT2D eigenvalue weighted by atomic mass is 10.1. The number of hydrogen-bond acceptors (Lipinski definition) is 6. The van der Waals surface area contributed by atoms with Gasteiger partial charge in [0, 0.05) is 5.56 Å². The van der Waals surface area contributed by atoms with Crippen LogP contribution in [0.1, 0.15) is 12.0 Å². The summed E-state index contributed by atoms with van der Waals surface area (Å²) in [7, 11) is 3.08. The van der Waals surface area contributed by atoms with E-state index < -0.39 is 12.1 Å². The van der Waals surface area contributed by atoms with Crippen LogP contribution in [0.15, 0.2) is 42.5 Å². The number of nitrogens with one attached hydrogen (secondary N) is 1. The van der Waals surface area contributed by atoms with Crippen molar-refractivity contribution in [2.24, 2.45) is 0 Å². The Morgan fingerprint density at radius 1 is 1.15 bits per heavy atom. The summed E-state index contributed by atoms with van der Waals surface area (Å²) < 4.78 is 21.3. The van der Waals surface area contributed by atoms with Crippen LogP contribution in [0.4, 0.5) is 5.69 Å². The fourth-order valence-corrected chi connectivity index (χ4v) is 2.59. The van der Waals surface area contributed by atoms with Crippen molar-refractivity contribution in [3.8, 4) is 17.2 Å². The lowest BCUT2D eigenvalue weighted by Crippen LogP contribution is -2.38. The number of rotatable bonds is 6. The maximum absolute atomic E-state index is 12.1. The largest absolute Gasteiger partial charge is 0.497 e. The number of carbonyl (C=O) groups excluding carboxylic acids is 2. The number of methoxy groups -OCH3 is 2. The molecule has 3 rings (SSSR count). The highest BCUT2D eigenvalue weighted by molar-refractivity contribution is 5.99. The molecule has 26 heavy (non-hydrogen) atoms. The van der Waals surface area contributed by atoms with E-state index >= 15 is 0 Å². The average molecular weight is 357 g/mol. The van der Waals surface area contributed by atoms with E-state index in [1.807, 2.05) is 0 Å². The lowest BCUT2D eigenvalue weighted by molar-refractivity contribution is -0.149. The predicted molar refractivity (Wildman–Crippen MR) is 93.4 cm³/mol. The zero-order chi connectivity index (χ0) is 18.5. The Morgan fingerprint density at radius 3 is 2.73 bits per heavy atom. The van der Waals surface area contributed by atoms with Gasteiger partial charge in [-0.1, -0.05) is 12.1 Å². The normalized spacial score (nSPS) is 15.3. The predicted octanol–water partition coefficient (Wildman–Crippen LogP) is 2.54. The van der Waals surface area contributed by atoms with Crippen LogP contribution in [-0.2, 0) is 20.9 Å². The van der Waals surface area contributed by atoms with Crippen molar-refractivity contribution in [3.63, 3.8) is 0 Å². The minimum atomic E-state index is -0.926. The molecule has 0 aliphatic carbocycles. The molecule has 0 saturated heterocycles. The number of benzene rings is 2. The molecule has 0 aromatic heterocycles. The van der Waals surface area contributed by atoms with E-state index in [0.29, 0.717) is 28.5 Å². The molecule has 1 atom stereocenters. The summed E-state index contributed by atoms with van der Waals surface area (Å²) in [6.07, 6.45) is -1.11. The van der Waals surface area contributed by atoms with E-state index in [0.717, 1.165) is 0 Å². The van der Waals surface area contributed by atoms with Gasteiger partial charge < -0.3 is 24.3 Å². The highest BCUT2D eigenvalue weighted by Gasteiger charge is 2.30. The summed E-state index contributed by atoms with van der Waals surface area (Å²) in [6, 6.07) is 12.3. The number of ether oxygens (including phenoxy) is 4. The van der Waals surface area contributed by atoms with Crippen LogP contribution in [0.25, 0.3) is 0 Å². The molecule has 1 heterocycles. The molecule has 7 heteroatoms. The standard InChI is InChI=1S/C19H19NO6/c1-23-13-7-8-15(24-2)12(9-13)11-25-18(21)10-17-19(22)20-14-5-3-4-6-16(14)26-17/h3-9,17H,10-11H2,1-2H3,(H,20,22)/t17-/m1/s1. The number of fused-ring (bicyclic) bond motifs is 1. The third-order valence-corrected chi connectivity index (χ3v) is 3.93. The van der Waals surface area contributed by atoms with E-state index in [4.69, 9.17) is 18.9 Å². The molecule has 7 nitrogen and oxygen atoms in total. The van der Waals surface area contributed by atoms with Crippen molar-refractivity contribution in [1.29, 1.82) is 0 Å². The van der Waals surface area contributed by atoms with Crippen molar-refractivity contribution in [2.45, 2.75) is 19.1 Å². The van der Waals surface area contributed by atoms with E-state index in [2.05, 4.69) is 5.32 Å². The summed E-state index contributed by atoms with van der Waals surface area (Å²) in [4.78, 5) is 24.2. The first-order chi connectivity index (χ1) is 12.6. The van der Waals surface area contributed by atoms with Crippen LogP contribution in [0.5, 0.6) is 17.2 Å². The summed E-state index contributed by atoms with van der Waals surface area (Å²) in [6.45, 7) is 0.00410. The van der Waals surface area contributed by atoms with Gasteiger partial charge >= 0.3 is 5.97 Å². The van der Waals surface area contributed by atoms with Crippen LogP contribution in [0, 0.1) is 0 Å². The number of hydrogen-bond donors (Lipinski definition) is 1. The van der Waals surface area contributed by atoms with Crippen LogP contribution in [-0.4, -0.2) is 32.2 Å². The summed E-state index contributed by atoms with van der Waals surface area (Å²) in [5.74, 6) is 0.816. The molecule has 0 bridgehead atoms. The van der Waals surface area contributed by atoms with Gasteiger partial charge in [0.05, 0.1) is 26.3 Å². The molecule has 136 valence electrons. The van der Waals surface area contributed by atoms with E-state index in [-0.39, 0.29) is 18.9 Å². The summed E-state index contributed by atoms with van der Waals surface area (Å²) >= 11 is 0. The fraction of sp³-hybridized carbons (Fsp3) is 0.263. The van der Waals surface area contributed by atoms with Gasteiger partial charge in [-0.05, 0) is 30.3 Å². The quantitative estimate of drug-likeness (QED) is 0.800. The zero-order valence-electron chi connectivity index (χ0n) is 14.5. The van der Waals surface area contributed by atoms with Crippen LogP contribution < -0.4 is 19.5 Å². The van der Waals surface area contributed by atoms with Crippen molar-refractivity contribution in [3.05, 3.63) is 48.0 Å². The van der Waals surface area contributed by atoms with Crippen molar-refractivity contribution in [2.75, 3.05) is 19.5 Å².